The number of allylic oxidation sites excluding steroid dienone is 2. The largest absolute Gasteiger partial charge is 0.375 e. The van der Waals surface area contributed by atoms with Crippen LogP contribution >= 0.6 is 0 Å². The SMILES string of the molecule is O=C1C2C(c3ccccc3)C=CC(c3ccccc3)C2C(=O)N1CCOCc1ccccc1. The lowest BCUT2D eigenvalue weighted by Crippen LogP contribution is -2.34. The van der Waals surface area contributed by atoms with Gasteiger partial charge < -0.3 is 4.74 Å². The van der Waals surface area contributed by atoms with Gasteiger partial charge in [0.1, 0.15) is 0 Å². The van der Waals surface area contributed by atoms with Gasteiger partial charge in [-0.3, -0.25) is 14.5 Å². The molecule has 4 atom stereocenters. The molecule has 0 saturated carbocycles. The van der Waals surface area contributed by atoms with E-state index in [2.05, 4.69) is 12.2 Å². The van der Waals surface area contributed by atoms with E-state index in [1.165, 1.54) is 4.90 Å². The lowest BCUT2D eigenvalue weighted by Gasteiger charge is -2.32. The maximum absolute atomic E-state index is 13.6. The summed E-state index contributed by atoms with van der Waals surface area (Å²) in [7, 11) is 0. The quantitative estimate of drug-likeness (QED) is 0.299. The second kappa shape index (κ2) is 9.55. The van der Waals surface area contributed by atoms with E-state index in [4.69, 9.17) is 4.74 Å². The highest BCUT2D eigenvalue weighted by atomic mass is 16.5. The molecule has 1 aliphatic carbocycles. The highest BCUT2D eigenvalue weighted by molar-refractivity contribution is 6.06. The average molecular weight is 438 g/mol. The van der Waals surface area contributed by atoms with Crippen molar-refractivity contribution in [1.29, 1.82) is 0 Å². The zero-order valence-electron chi connectivity index (χ0n) is 18.4. The predicted molar refractivity (Wildman–Crippen MR) is 127 cm³/mol. The van der Waals surface area contributed by atoms with E-state index in [1.807, 2.05) is 91.0 Å². The van der Waals surface area contributed by atoms with E-state index >= 15 is 0 Å². The van der Waals surface area contributed by atoms with E-state index in [0.29, 0.717) is 13.2 Å². The Hall–Kier alpha value is -3.50. The number of imide groups is 1. The Bertz CT molecular complexity index is 1060. The summed E-state index contributed by atoms with van der Waals surface area (Å²) in [5, 5.41) is 0. The number of fused-ring (bicyclic) bond motifs is 1. The first-order chi connectivity index (χ1) is 16.2. The molecule has 1 fully saturated rings. The first-order valence-corrected chi connectivity index (χ1v) is 11.5. The summed E-state index contributed by atoms with van der Waals surface area (Å²) in [5.74, 6) is -1.20. The molecule has 0 bridgehead atoms. The summed E-state index contributed by atoms with van der Waals surface area (Å²) in [6, 6.07) is 29.9. The standard InChI is InChI=1S/C29H27NO3/c31-28-26-24(22-12-6-2-7-13-22)16-17-25(23-14-8-3-9-15-23)27(26)29(32)30(28)18-19-33-20-21-10-4-1-5-11-21/h1-17,24-27H,18-20H2. The van der Waals surface area contributed by atoms with Crippen molar-refractivity contribution in [3.8, 4) is 0 Å². The Balaban J connectivity index is 1.38. The highest BCUT2D eigenvalue weighted by Crippen LogP contribution is 2.49. The van der Waals surface area contributed by atoms with Crippen LogP contribution in [0.15, 0.2) is 103 Å². The second-order valence-corrected chi connectivity index (χ2v) is 8.68. The molecular weight excluding hydrogens is 410 g/mol. The summed E-state index contributed by atoms with van der Waals surface area (Å²) in [4.78, 5) is 28.6. The zero-order valence-corrected chi connectivity index (χ0v) is 18.4. The van der Waals surface area contributed by atoms with Crippen molar-refractivity contribution in [2.24, 2.45) is 11.8 Å². The van der Waals surface area contributed by atoms with Crippen molar-refractivity contribution in [3.63, 3.8) is 0 Å². The molecular formula is C29H27NO3. The van der Waals surface area contributed by atoms with Gasteiger partial charge in [-0.1, -0.05) is 103 Å². The molecule has 0 N–H and O–H groups in total. The molecule has 2 aliphatic rings. The number of hydrogen-bond acceptors (Lipinski definition) is 3. The number of likely N-dealkylation sites (tertiary alicyclic amines) is 1. The highest BCUT2D eigenvalue weighted by Gasteiger charge is 2.54. The smallest absolute Gasteiger partial charge is 0.234 e. The minimum atomic E-state index is -0.399. The molecule has 1 heterocycles. The normalized spacial score (nSPS) is 24.2. The van der Waals surface area contributed by atoms with Gasteiger partial charge in [0, 0.05) is 11.8 Å². The van der Waals surface area contributed by atoms with Gasteiger partial charge >= 0.3 is 0 Å². The number of carbonyl (C=O) groups is 2. The van der Waals surface area contributed by atoms with Crippen LogP contribution in [0.2, 0.25) is 0 Å². The van der Waals surface area contributed by atoms with Crippen LogP contribution in [0.5, 0.6) is 0 Å². The summed E-state index contributed by atoms with van der Waals surface area (Å²) < 4.78 is 5.79. The van der Waals surface area contributed by atoms with Crippen molar-refractivity contribution in [1.82, 2.24) is 4.90 Å². The van der Waals surface area contributed by atoms with Crippen molar-refractivity contribution >= 4 is 11.8 Å². The third-order valence-corrected chi connectivity index (χ3v) is 6.73. The molecule has 5 rings (SSSR count). The Labute approximate surface area is 194 Å². The first kappa shape index (κ1) is 21.4. The van der Waals surface area contributed by atoms with Gasteiger partial charge in [-0.25, -0.2) is 0 Å². The maximum Gasteiger partial charge on any atom is 0.234 e. The molecule has 3 aromatic rings. The van der Waals surface area contributed by atoms with Crippen LogP contribution in [0.4, 0.5) is 0 Å². The molecule has 33 heavy (non-hydrogen) atoms. The van der Waals surface area contributed by atoms with Gasteiger partial charge in [-0.2, -0.15) is 0 Å². The van der Waals surface area contributed by atoms with Gasteiger partial charge in [0.05, 0.1) is 31.6 Å². The van der Waals surface area contributed by atoms with Crippen molar-refractivity contribution < 1.29 is 14.3 Å². The third kappa shape index (κ3) is 4.27. The molecule has 0 spiro atoms. The van der Waals surface area contributed by atoms with E-state index in [1.54, 1.807) is 0 Å². The zero-order chi connectivity index (χ0) is 22.6. The molecule has 166 valence electrons. The van der Waals surface area contributed by atoms with Gasteiger partial charge in [0.15, 0.2) is 0 Å². The minimum absolute atomic E-state index is 0.0903. The topological polar surface area (TPSA) is 46.6 Å². The number of ether oxygens (including phenoxy) is 1. The predicted octanol–water partition coefficient (Wildman–Crippen LogP) is 4.94. The number of benzene rings is 3. The molecule has 1 aliphatic heterocycles. The number of amides is 2. The second-order valence-electron chi connectivity index (χ2n) is 8.68. The number of rotatable bonds is 7. The molecule has 0 radical (unpaired) electrons. The minimum Gasteiger partial charge on any atom is -0.375 e. The molecule has 3 aromatic carbocycles. The van der Waals surface area contributed by atoms with Crippen LogP contribution in [-0.2, 0) is 20.9 Å². The third-order valence-electron chi connectivity index (χ3n) is 6.73. The van der Waals surface area contributed by atoms with Crippen molar-refractivity contribution in [3.05, 3.63) is 120 Å². The van der Waals surface area contributed by atoms with Gasteiger partial charge in [0.25, 0.3) is 0 Å². The molecule has 4 unspecified atom stereocenters. The van der Waals surface area contributed by atoms with Crippen molar-refractivity contribution in [2.45, 2.75) is 18.4 Å². The van der Waals surface area contributed by atoms with E-state index in [0.717, 1.165) is 16.7 Å². The lowest BCUT2D eigenvalue weighted by atomic mass is 9.68. The Kier molecular flexibility index (Phi) is 6.18. The van der Waals surface area contributed by atoms with Gasteiger partial charge in [0.2, 0.25) is 11.8 Å². The Morgan fingerprint density at radius 3 is 1.58 bits per heavy atom. The summed E-state index contributed by atoms with van der Waals surface area (Å²) in [6.07, 6.45) is 4.24. The number of nitrogens with zero attached hydrogens (tertiary/aromatic N) is 1. The molecule has 1 saturated heterocycles. The fourth-order valence-corrected chi connectivity index (χ4v) is 5.14. The van der Waals surface area contributed by atoms with Crippen LogP contribution < -0.4 is 0 Å². The van der Waals surface area contributed by atoms with E-state index in [9.17, 15) is 9.59 Å². The number of carbonyl (C=O) groups excluding carboxylic acids is 2. The van der Waals surface area contributed by atoms with E-state index < -0.39 is 11.8 Å². The fraction of sp³-hybridized carbons (Fsp3) is 0.241. The lowest BCUT2D eigenvalue weighted by molar-refractivity contribution is -0.140. The first-order valence-electron chi connectivity index (χ1n) is 11.5. The number of hydrogen-bond donors (Lipinski definition) is 0. The molecule has 0 aromatic heterocycles. The van der Waals surface area contributed by atoms with E-state index in [-0.39, 0.29) is 30.2 Å². The average Bonchev–Trinajstić information content (AvgIpc) is 3.13. The summed E-state index contributed by atoms with van der Waals surface area (Å²) in [5.41, 5.74) is 3.21. The Morgan fingerprint density at radius 2 is 1.09 bits per heavy atom. The Morgan fingerprint density at radius 1 is 0.636 bits per heavy atom. The maximum atomic E-state index is 13.6. The van der Waals surface area contributed by atoms with Crippen LogP contribution in [0.1, 0.15) is 28.5 Å². The summed E-state index contributed by atoms with van der Waals surface area (Å²) >= 11 is 0. The molecule has 2 amide bonds. The molecule has 4 heteroatoms. The van der Waals surface area contributed by atoms with Gasteiger partial charge in [-0.05, 0) is 16.7 Å². The van der Waals surface area contributed by atoms with Crippen LogP contribution in [-0.4, -0.2) is 29.9 Å². The molecule has 4 nitrogen and oxygen atoms in total. The van der Waals surface area contributed by atoms with Crippen LogP contribution in [0.25, 0.3) is 0 Å². The summed E-state index contributed by atoms with van der Waals surface area (Å²) in [6.45, 7) is 1.07. The van der Waals surface area contributed by atoms with Crippen LogP contribution in [0.3, 0.4) is 0 Å². The van der Waals surface area contributed by atoms with Crippen molar-refractivity contribution in [2.75, 3.05) is 13.2 Å². The van der Waals surface area contributed by atoms with Crippen LogP contribution in [0, 0.1) is 11.8 Å². The fourth-order valence-electron chi connectivity index (χ4n) is 5.14. The van der Waals surface area contributed by atoms with Gasteiger partial charge in [-0.15, -0.1) is 0 Å². The monoisotopic (exact) mass is 437 g/mol.